The van der Waals surface area contributed by atoms with Gasteiger partial charge in [-0.1, -0.05) is 0 Å². The number of aromatic nitrogens is 1. The van der Waals surface area contributed by atoms with Crippen LogP contribution in [0.1, 0.15) is 24.8 Å². The third kappa shape index (κ3) is 4.44. The van der Waals surface area contributed by atoms with Gasteiger partial charge in [-0.25, -0.2) is 4.79 Å². The Bertz CT molecular complexity index is 560. The van der Waals surface area contributed by atoms with Crippen molar-refractivity contribution >= 4 is 12.0 Å². The lowest BCUT2D eigenvalue weighted by atomic mass is 10.2. The summed E-state index contributed by atoms with van der Waals surface area (Å²) in [5.74, 6) is 0.0296. The molecule has 130 valence electrons. The van der Waals surface area contributed by atoms with Gasteiger partial charge >= 0.3 is 6.09 Å². The fraction of sp³-hybridized carbons (Fsp3) is 0.588. The molecule has 1 aromatic rings. The third-order valence-electron chi connectivity index (χ3n) is 4.36. The van der Waals surface area contributed by atoms with Crippen LogP contribution in [0.5, 0.6) is 0 Å². The minimum Gasteiger partial charge on any atom is -0.448 e. The van der Waals surface area contributed by atoms with E-state index in [1.54, 1.807) is 17.3 Å². The highest BCUT2D eigenvalue weighted by molar-refractivity contribution is 5.77. The van der Waals surface area contributed by atoms with E-state index in [1.165, 1.54) is 0 Å². The molecule has 2 amide bonds. The Labute approximate surface area is 141 Å². The van der Waals surface area contributed by atoms with Crippen molar-refractivity contribution < 1.29 is 19.1 Å². The number of cyclic esters (lactones) is 1. The van der Waals surface area contributed by atoms with Gasteiger partial charge in [0, 0.05) is 45.1 Å². The van der Waals surface area contributed by atoms with Gasteiger partial charge in [0.2, 0.25) is 5.91 Å². The maximum absolute atomic E-state index is 12.7. The molecule has 3 heterocycles. The van der Waals surface area contributed by atoms with Crippen molar-refractivity contribution in [3.05, 3.63) is 30.1 Å². The van der Waals surface area contributed by atoms with Gasteiger partial charge in [0.05, 0.1) is 12.6 Å². The van der Waals surface area contributed by atoms with E-state index in [-0.39, 0.29) is 18.1 Å². The first-order valence-electron chi connectivity index (χ1n) is 8.42. The van der Waals surface area contributed by atoms with Crippen LogP contribution in [0.4, 0.5) is 4.79 Å². The number of pyridine rings is 1. The van der Waals surface area contributed by atoms with Crippen LogP contribution >= 0.6 is 0 Å². The summed E-state index contributed by atoms with van der Waals surface area (Å²) >= 11 is 0. The van der Waals surface area contributed by atoms with Crippen molar-refractivity contribution in [1.82, 2.24) is 14.8 Å². The van der Waals surface area contributed by atoms with Gasteiger partial charge in [-0.2, -0.15) is 0 Å². The highest BCUT2D eigenvalue weighted by Crippen LogP contribution is 2.16. The molecule has 0 spiro atoms. The Morgan fingerprint density at radius 2 is 2.17 bits per heavy atom. The number of carbonyl (C=O) groups is 2. The first-order chi connectivity index (χ1) is 11.7. The number of hydrogen-bond acceptors (Lipinski definition) is 5. The van der Waals surface area contributed by atoms with Crippen molar-refractivity contribution in [2.24, 2.45) is 0 Å². The quantitative estimate of drug-likeness (QED) is 0.755. The topological polar surface area (TPSA) is 72.0 Å². The summed E-state index contributed by atoms with van der Waals surface area (Å²) in [6.07, 6.45) is 5.55. The van der Waals surface area contributed by atoms with E-state index in [0.29, 0.717) is 39.2 Å². The molecule has 1 atom stereocenters. The van der Waals surface area contributed by atoms with E-state index in [0.717, 1.165) is 25.0 Å². The van der Waals surface area contributed by atoms with Crippen LogP contribution in [0, 0.1) is 0 Å². The number of rotatable bonds is 7. The molecule has 1 aromatic heterocycles. The molecule has 0 radical (unpaired) electrons. The molecule has 0 bridgehead atoms. The Hall–Kier alpha value is -2.15. The van der Waals surface area contributed by atoms with Gasteiger partial charge in [0.1, 0.15) is 6.61 Å². The van der Waals surface area contributed by atoms with Gasteiger partial charge in [-0.3, -0.25) is 9.78 Å². The molecule has 0 N–H and O–H groups in total. The Morgan fingerprint density at radius 1 is 1.33 bits per heavy atom. The number of carbonyl (C=O) groups excluding carboxylic acids is 2. The van der Waals surface area contributed by atoms with Gasteiger partial charge in [0.25, 0.3) is 0 Å². The zero-order valence-electron chi connectivity index (χ0n) is 13.7. The third-order valence-corrected chi connectivity index (χ3v) is 4.36. The normalized spacial score (nSPS) is 20.2. The lowest BCUT2D eigenvalue weighted by Crippen LogP contribution is -2.39. The number of nitrogens with zero attached hydrogens (tertiary/aromatic N) is 3. The predicted octanol–water partition coefficient (Wildman–Crippen LogP) is 1.43. The van der Waals surface area contributed by atoms with Crippen molar-refractivity contribution in [2.75, 3.05) is 32.8 Å². The van der Waals surface area contributed by atoms with Gasteiger partial charge in [0.15, 0.2) is 0 Å². The zero-order chi connectivity index (χ0) is 16.8. The van der Waals surface area contributed by atoms with E-state index in [9.17, 15) is 9.59 Å². The summed E-state index contributed by atoms with van der Waals surface area (Å²) < 4.78 is 10.6. The molecule has 0 unspecified atom stereocenters. The molecule has 2 fully saturated rings. The highest BCUT2D eigenvalue weighted by atomic mass is 16.6. The van der Waals surface area contributed by atoms with Crippen molar-refractivity contribution in [1.29, 1.82) is 0 Å². The molecule has 2 aliphatic heterocycles. The first-order valence-corrected chi connectivity index (χ1v) is 8.42. The first kappa shape index (κ1) is 16.7. The van der Waals surface area contributed by atoms with Crippen LogP contribution in [0.15, 0.2) is 24.5 Å². The lowest BCUT2D eigenvalue weighted by Gasteiger charge is -2.26. The maximum Gasteiger partial charge on any atom is 0.409 e. The highest BCUT2D eigenvalue weighted by Gasteiger charge is 2.26. The number of amides is 2. The Balaban J connectivity index is 1.58. The second-order valence-electron chi connectivity index (χ2n) is 6.12. The summed E-state index contributed by atoms with van der Waals surface area (Å²) in [6.45, 7) is 3.25. The molecule has 2 saturated heterocycles. The van der Waals surface area contributed by atoms with E-state index in [1.807, 2.05) is 17.0 Å². The Kier molecular flexibility index (Phi) is 5.63. The Morgan fingerprint density at radius 3 is 2.83 bits per heavy atom. The lowest BCUT2D eigenvalue weighted by molar-refractivity contribution is -0.133. The molecular weight excluding hydrogens is 310 g/mol. The number of ether oxygens (including phenoxy) is 2. The predicted molar refractivity (Wildman–Crippen MR) is 86.2 cm³/mol. The fourth-order valence-corrected chi connectivity index (χ4v) is 3.01. The fourth-order valence-electron chi connectivity index (χ4n) is 3.01. The van der Waals surface area contributed by atoms with Crippen molar-refractivity contribution in [3.63, 3.8) is 0 Å². The molecule has 7 nitrogen and oxygen atoms in total. The maximum atomic E-state index is 12.7. The molecule has 7 heteroatoms. The largest absolute Gasteiger partial charge is 0.448 e. The summed E-state index contributed by atoms with van der Waals surface area (Å²) in [6, 6.07) is 3.82. The minimum atomic E-state index is -0.331. The van der Waals surface area contributed by atoms with Gasteiger partial charge in [-0.15, -0.1) is 0 Å². The SMILES string of the molecule is O=C(CCN1CCOC1=O)N(Cc1ccncc1)C[C@@H]1CCCO1. The van der Waals surface area contributed by atoms with Crippen LogP contribution < -0.4 is 0 Å². The molecule has 3 rings (SSSR count). The van der Waals surface area contributed by atoms with Crippen molar-refractivity contribution in [2.45, 2.75) is 31.9 Å². The van der Waals surface area contributed by atoms with Crippen LogP contribution in [0.25, 0.3) is 0 Å². The van der Waals surface area contributed by atoms with Crippen LogP contribution in [-0.4, -0.2) is 65.7 Å². The molecule has 0 aliphatic carbocycles. The average Bonchev–Trinajstić information content (AvgIpc) is 3.25. The van der Waals surface area contributed by atoms with E-state index in [2.05, 4.69) is 4.98 Å². The zero-order valence-corrected chi connectivity index (χ0v) is 13.7. The summed E-state index contributed by atoms with van der Waals surface area (Å²) in [5.41, 5.74) is 1.04. The molecule has 0 saturated carbocycles. The van der Waals surface area contributed by atoms with Crippen LogP contribution in [-0.2, 0) is 20.8 Å². The van der Waals surface area contributed by atoms with E-state index < -0.39 is 0 Å². The monoisotopic (exact) mass is 333 g/mol. The molecule has 0 aromatic carbocycles. The standard InChI is InChI=1S/C17H23N3O4/c21-16(5-8-19-9-11-24-17(19)22)20(13-15-2-1-10-23-15)12-14-3-6-18-7-4-14/h3-4,6-7,15H,1-2,5,8-13H2/t15-/m0/s1. The average molecular weight is 333 g/mol. The molecular formula is C17H23N3O4. The number of hydrogen-bond donors (Lipinski definition) is 0. The minimum absolute atomic E-state index is 0.0296. The molecule has 2 aliphatic rings. The summed E-state index contributed by atoms with van der Waals surface area (Å²) in [5, 5.41) is 0. The van der Waals surface area contributed by atoms with E-state index >= 15 is 0 Å². The summed E-state index contributed by atoms with van der Waals surface area (Å²) in [4.78, 5) is 31.6. The molecule has 24 heavy (non-hydrogen) atoms. The second-order valence-corrected chi connectivity index (χ2v) is 6.12. The summed E-state index contributed by atoms with van der Waals surface area (Å²) in [7, 11) is 0. The van der Waals surface area contributed by atoms with E-state index in [4.69, 9.17) is 9.47 Å². The van der Waals surface area contributed by atoms with Gasteiger partial charge < -0.3 is 19.3 Å². The van der Waals surface area contributed by atoms with Crippen LogP contribution in [0.3, 0.4) is 0 Å². The van der Waals surface area contributed by atoms with Crippen LogP contribution in [0.2, 0.25) is 0 Å². The van der Waals surface area contributed by atoms with Crippen molar-refractivity contribution in [3.8, 4) is 0 Å². The van der Waals surface area contributed by atoms with Gasteiger partial charge in [-0.05, 0) is 30.5 Å². The second kappa shape index (κ2) is 8.10. The smallest absolute Gasteiger partial charge is 0.409 e.